The monoisotopic (exact) mass is 470 g/mol. The molecule has 3 saturated heterocycles. The highest BCUT2D eigenvalue weighted by Gasteiger charge is 2.91. The summed E-state index contributed by atoms with van der Waals surface area (Å²) < 4.78 is 13.9. The lowest BCUT2D eigenvalue weighted by molar-refractivity contribution is -0.329. The molecule has 0 unspecified atom stereocenters. The van der Waals surface area contributed by atoms with E-state index in [1.54, 1.807) is 0 Å². The quantitative estimate of drug-likeness (QED) is 0.510. The van der Waals surface area contributed by atoms with Crippen molar-refractivity contribution in [2.24, 2.45) is 0 Å². The molecule has 2 spiro atoms. The van der Waals surface area contributed by atoms with Crippen molar-refractivity contribution < 1.29 is 14.3 Å². The molecule has 5 nitrogen and oxygen atoms in total. The molecule has 0 aliphatic carbocycles. The molecule has 0 amide bonds. The fourth-order valence-corrected chi connectivity index (χ4v) is 6.01. The van der Waals surface area contributed by atoms with Crippen molar-refractivity contribution >= 4 is 0 Å². The Morgan fingerprint density at radius 1 is 0.800 bits per heavy atom. The number of hydrogen-bond donors (Lipinski definition) is 1. The summed E-state index contributed by atoms with van der Waals surface area (Å²) in [6.07, 6.45) is 0. The average molecular weight is 471 g/mol. The molecule has 0 bridgehead atoms. The van der Waals surface area contributed by atoms with Crippen molar-refractivity contribution in [3.8, 4) is 0 Å². The summed E-state index contributed by atoms with van der Waals surface area (Å²) >= 11 is 0. The number of nitrogens with zero attached hydrogens (tertiary/aromatic N) is 1. The molecule has 3 aliphatic heterocycles. The highest BCUT2D eigenvalue weighted by atomic mass is 16.9. The van der Waals surface area contributed by atoms with Gasteiger partial charge in [-0.15, -0.1) is 0 Å². The zero-order valence-electron chi connectivity index (χ0n) is 21.1. The number of nitrogens with one attached hydrogen (secondary N) is 1. The van der Waals surface area contributed by atoms with Crippen molar-refractivity contribution in [2.45, 2.75) is 68.9 Å². The predicted molar refractivity (Wildman–Crippen MR) is 135 cm³/mol. The first-order valence-electron chi connectivity index (χ1n) is 12.4. The lowest BCUT2D eigenvalue weighted by atomic mass is 9.73. The summed E-state index contributed by atoms with van der Waals surface area (Å²) in [5.74, 6) is -1.17. The fraction of sp³-hybridized carbons (Fsp3) is 0.400. The van der Waals surface area contributed by atoms with Crippen LogP contribution in [-0.2, 0) is 19.9 Å². The smallest absolute Gasteiger partial charge is 0.281 e. The molecule has 0 aromatic heterocycles. The molecule has 3 heterocycles. The summed E-state index contributed by atoms with van der Waals surface area (Å²) in [4.78, 5) is 6.93. The Morgan fingerprint density at radius 3 is 1.77 bits per heavy atom. The van der Waals surface area contributed by atoms with Crippen LogP contribution in [0.25, 0.3) is 0 Å². The third kappa shape index (κ3) is 3.13. The third-order valence-corrected chi connectivity index (χ3v) is 7.41. The second kappa shape index (κ2) is 7.48. The molecule has 35 heavy (non-hydrogen) atoms. The molecule has 5 heteroatoms. The predicted octanol–water partition coefficient (Wildman–Crippen LogP) is 5.54. The van der Waals surface area contributed by atoms with E-state index < -0.39 is 17.1 Å². The van der Waals surface area contributed by atoms with Gasteiger partial charge in [-0.05, 0) is 51.3 Å². The minimum absolute atomic E-state index is 0.231. The van der Waals surface area contributed by atoms with E-state index in [1.165, 1.54) is 0 Å². The molecular weight excluding hydrogens is 436 g/mol. The van der Waals surface area contributed by atoms with Crippen molar-refractivity contribution in [3.05, 3.63) is 108 Å². The SMILES string of the molecule is CC1(C)CO[C@]2(N1)ON(C(C)(C)C)[C@H](c1ccccc1)[C@@]21OC1(c1ccccc1)c1ccccc1. The van der Waals surface area contributed by atoms with E-state index in [2.05, 4.69) is 118 Å². The highest BCUT2D eigenvalue weighted by molar-refractivity contribution is 5.52. The Hall–Kier alpha value is -2.54. The number of epoxide rings is 1. The first-order valence-corrected chi connectivity index (χ1v) is 12.4. The van der Waals surface area contributed by atoms with E-state index in [-0.39, 0.29) is 17.1 Å². The topological polar surface area (TPSA) is 46.3 Å². The lowest BCUT2D eigenvalue weighted by Gasteiger charge is -2.35. The maximum Gasteiger partial charge on any atom is 0.281 e. The molecule has 6 rings (SSSR count). The standard InChI is InChI=1S/C30H34N2O3/c1-26(2,3)32-25(22-15-9-6-10-16-22)29(30(35-32)31-27(4,5)21-33-30)28(34-29,23-17-11-7-12-18-23)24-19-13-8-14-20-24/h6-20,25,31H,21H2,1-5H3/t25-,29+,30+/m1/s1. The second-order valence-electron chi connectivity index (χ2n) is 11.6. The number of ether oxygens (including phenoxy) is 2. The van der Waals surface area contributed by atoms with E-state index in [0.717, 1.165) is 16.7 Å². The van der Waals surface area contributed by atoms with E-state index >= 15 is 0 Å². The van der Waals surface area contributed by atoms with Gasteiger partial charge in [0.1, 0.15) is 6.04 Å². The molecule has 3 aromatic carbocycles. The van der Waals surface area contributed by atoms with E-state index in [0.29, 0.717) is 6.61 Å². The zero-order chi connectivity index (χ0) is 24.5. The van der Waals surface area contributed by atoms with E-state index in [9.17, 15) is 0 Å². The van der Waals surface area contributed by atoms with Crippen LogP contribution in [0.1, 0.15) is 57.4 Å². The van der Waals surface area contributed by atoms with Crippen LogP contribution in [0.4, 0.5) is 0 Å². The summed E-state index contributed by atoms with van der Waals surface area (Å²) in [6, 6.07) is 31.3. The number of benzene rings is 3. The Kier molecular flexibility index (Phi) is 4.89. The van der Waals surface area contributed by atoms with Gasteiger partial charge in [0.25, 0.3) is 5.91 Å². The Bertz CT molecular complexity index is 1170. The zero-order valence-corrected chi connectivity index (χ0v) is 21.1. The van der Waals surface area contributed by atoms with Gasteiger partial charge in [-0.3, -0.25) is 5.32 Å². The van der Waals surface area contributed by atoms with Gasteiger partial charge in [0.05, 0.1) is 6.61 Å². The van der Waals surface area contributed by atoms with Crippen molar-refractivity contribution in [3.63, 3.8) is 0 Å². The molecular formula is C30H34N2O3. The lowest BCUT2D eigenvalue weighted by Crippen LogP contribution is -2.59. The van der Waals surface area contributed by atoms with Crippen LogP contribution in [0.2, 0.25) is 0 Å². The normalized spacial score (nSPS) is 31.3. The van der Waals surface area contributed by atoms with Crippen LogP contribution in [0, 0.1) is 0 Å². The van der Waals surface area contributed by atoms with Gasteiger partial charge in [-0.25, -0.2) is 4.84 Å². The Balaban J connectivity index is 1.66. The maximum atomic E-state index is 7.19. The second-order valence-corrected chi connectivity index (χ2v) is 11.6. The van der Waals surface area contributed by atoms with Crippen LogP contribution in [-0.4, -0.2) is 34.3 Å². The third-order valence-electron chi connectivity index (χ3n) is 7.41. The molecule has 182 valence electrons. The number of hydrogen-bond acceptors (Lipinski definition) is 5. The number of fused-ring (bicyclic) bond motifs is 1. The molecule has 1 N–H and O–H groups in total. The molecule has 3 atom stereocenters. The van der Waals surface area contributed by atoms with E-state index in [1.807, 2.05) is 18.2 Å². The maximum absolute atomic E-state index is 7.19. The first kappa shape index (κ1) is 22.9. The van der Waals surface area contributed by atoms with Gasteiger partial charge in [0.2, 0.25) is 0 Å². The van der Waals surface area contributed by atoms with Gasteiger partial charge < -0.3 is 9.47 Å². The molecule has 3 aromatic rings. The molecule has 0 radical (unpaired) electrons. The average Bonchev–Trinajstić information content (AvgIpc) is 3.34. The van der Waals surface area contributed by atoms with Crippen LogP contribution < -0.4 is 5.32 Å². The van der Waals surface area contributed by atoms with Gasteiger partial charge in [-0.2, -0.15) is 5.06 Å². The fourth-order valence-electron chi connectivity index (χ4n) is 6.01. The highest BCUT2D eigenvalue weighted by Crippen LogP contribution is 2.75. The van der Waals surface area contributed by atoms with Crippen LogP contribution >= 0.6 is 0 Å². The van der Waals surface area contributed by atoms with E-state index in [4.69, 9.17) is 14.3 Å². The molecule has 3 fully saturated rings. The van der Waals surface area contributed by atoms with Crippen molar-refractivity contribution in [2.75, 3.05) is 6.61 Å². The van der Waals surface area contributed by atoms with Crippen molar-refractivity contribution in [1.29, 1.82) is 0 Å². The minimum Gasteiger partial charge on any atom is -0.342 e. The summed E-state index contributed by atoms with van der Waals surface area (Å²) in [7, 11) is 0. The van der Waals surface area contributed by atoms with Crippen LogP contribution in [0.15, 0.2) is 91.0 Å². The van der Waals surface area contributed by atoms with Crippen LogP contribution in [0.5, 0.6) is 0 Å². The molecule has 0 saturated carbocycles. The first-order chi connectivity index (χ1) is 16.7. The molecule has 3 aliphatic rings. The summed E-state index contributed by atoms with van der Waals surface area (Å²) in [5, 5.41) is 5.83. The van der Waals surface area contributed by atoms with Gasteiger partial charge in [0.15, 0.2) is 11.2 Å². The summed E-state index contributed by atoms with van der Waals surface area (Å²) in [6.45, 7) is 11.3. The van der Waals surface area contributed by atoms with Gasteiger partial charge >= 0.3 is 0 Å². The van der Waals surface area contributed by atoms with Crippen molar-refractivity contribution in [1.82, 2.24) is 10.4 Å². The number of rotatable bonds is 3. The summed E-state index contributed by atoms with van der Waals surface area (Å²) in [5.41, 5.74) is 1.03. The van der Waals surface area contributed by atoms with Gasteiger partial charge in [-0.1, -0.05) is 91.0 Å². The Morgan fingerprint density at radius 2 is 1.31 bits per heavy atom. The minimum atomic E-state index is -1.17. The number of hydroxylamine groups is 2. The van der Waals surface area contributed by atoms with Gasteiger partial charge in [0, 0.05) is 11.1 Å². The van der Waals surface area contributed by atoms with Crippen LogP contribution in [0.3, 0.4) is 0 Å². The largest absolute Gasteiger partial charge is 0.342 e. The Labute approximate surface area is 208 Å².